The Hall–Kier alpha value is -1.29. The van der Waals surface area contributed by atoms with Crippen LogP contribution in [0.1, 0.15) is 19.4 Å². The summed E-state index contributed by atoms with van der Waals surface area (Å²) in [5, 5.41) is 0.797. The summed E-state index contributed by atoms with van der Waals surface area (Å²) >= 11 is 1.44. The molecule has 0 saturated carbocycles. The van der Waals surface area contributed by atoms with Crippen LogP contribution in [0.25, 0.3) is 4.91 Å². The summed E-state index contributed by atoms with van der Waals surface area (Å²) in [7, 11) is 0. The first kappa shape index (κ1) is 11.8. The number of aliphatic imine (C=N–C) groups is 1. The zero-order chi connectivity index (χ0) is 12.8. The van der Waals surface area contributed by atoms with Crippen molar-refractivity contribution in [3.63, 3.8) is 0 Å². The summed E-state index contributed by atoms with van der Waals surface area (Å²) in [6, 6.07) is 9.67. The minimum Gasteiger partial charge on any atom is -0.296 e. The highest BCUT2D eigenvalue weighted by Crippen LogP contribution is 2.44. The molecule has 0 atom stereocenters. The van der Waals surface area contributed by atoms with Crippen molar-refractivity contribution in [3.8, 4) is 0 Å². The summed E-state index contributed by atoms with van der Waals surface area (Å²) in [6.07, 6.45) is 0. The van der Waals surface area contributed by atoms with Gasteiger partial charge in [0.15, 0.2) is 5.17 Å². The summed E-state index contributed by atoms with van der Waals surface area (Å²) in [6.45, 7) is 5.69. The molecular weight excluding hydrogens is 247 g/mol. The second-order valence-electron chi connectivity index (χ2n) is 5.44. The first-order chi connectivity index (χ1) is 8.57. The van der Waals surface area contributed by atoms with Crippen LogP contribution in [0.5, 0.6) is 0 Å². The van der Waals surface area contributed by atoms with Crippen LogP contribution >= 0.6 is 11.8 Å². The van der Waals surface area contributed by atoms with Crippen molar-refractivity contribution >= 4 is 21.8 Å². The maximum Gasteiger partial charge on any atom is 0.210 e. The summed E-state index contributed by atoms with van der Waals surface area (Å²) in [5.74, 6) is -0.155. The highest BCUT2D eigenvalue weighted by atomic mass is 32.2. The highest BCUT2D eigenvalue weighted by Gasteiger charge is 2.37. The zero-order valence-corrected chi connectivity index (χ0v) is 11.3. The fourth-order valence-electron chi connectivity index (χ4n) is 2.18. The quantitative estimate of drug-likeness (QED) is 0.717. The van der Waals surface area contributed by atoms with Crippen molar-refractivity contribution in [2.45, 2.75) is 13.8 Å². The zero-order valence-electron chi connectivity index (χ0n) is 10.5. The van der Waals surface area contributed by atoms with Crippen molar-refractivity contribution in [2.24, 2.45) is 10.4 Å². The van der Waals surface area contributed by atoms with Crippen LogP contribution in [0.2, 0.25) is 0 Å². The molecule has 0 aliphatic carbocycles. The number of halogens is 1. The van der Waals surface area contributed by atoms with Crippen LogP contribution in [-0.2, 0) is 0 Å². The third-order valence-corrected chi connectivity index (χ3v) is 4.25. The number of hydrogen-bond acceptors (Lipinski definition) is 3. The van der Waals surface area contributed by atoms with Crippen LogP contribution < -0.4 is 0 Å². The largest absolute Gasteiger partial charge is 0.296 e. The Morgan fingerprint density at radius 3 is 2.72 bits per heavy atom. The van der Waals surface area contributed by atoms with E-state index in [1.165, 1.54) is 11.8 Å². The van der Waals surface area contributed by atoms with Crippen molar-refractivity contribution in [1.29, 1.82) is 0 Å². The Bertz CT molecular complexity index is 534. The molecule has 0 radical (unpaired) electrons. The van der Waals surface area contributed by atoms with Gasteiger partial charge in [0.1, 0.15) is 0 Å². The Labute approximate surface area is 111 Å². The van der Waals surface area contributed by atoms with Gasteiger partial charge in [-0.3, -0.25) is 9.89 Å². The molecule has 0 N–H and O–H groups in total. The third-order valence-electron chi connectivity index (χ3n) is 3.11. The van der Waals surface area contributed by atoms with E-state index in [2.05, 4.69) is 18.8 Å². The third kappa shape index (κ3) is 1.94. The van der Waals surface area contributed by atoms with Gasteiger partial charge in [0, 0.05) is 18.5 Å². The monoisotopic (exact) mass is 262 g/mol. The summed E-state index contributed by atoms with van der Waals surface area (Å²) < 4.78 is 14.5. The highest BCUT2D eigenvalue weighted by molar-refractivity contribution is 8.22. The van der Waals surface area contributed by atoms with Gasteiger partial charge >= 0.3 is 0 Å². The van der Waals surface area contributed by atoms with E-state index >= 15 is 0 Å². The molecule has 0 spiro atoms. The standard InChI is InChI=1S/C14H15FN2S/c1-14(2)8-16-13-17(9-14)12(15)11(18-13)10-6-4-3-5-7-10/h3-7H,8-9H2,1-2H3. The molecule has 94 valence electrons. The lowest BCUT2D eigenvalue weighted by molar-refractivity contribution is 0.247. The van der Waals surface area contributed by atoms with Gasteiger partial charge in [-0.25, -0.2) is 0 Å². The van der Waals surface area contributed by atoms with E-state index in [0.29, 0.717) is 11.4 Å². The van der Waals surface area contributed by atoms with Gasteiger partial charge in [-0.05, 0) is 17.3 Å². The molecule has 0 aromatic heterocycles. The SMILES string of the molecule is CC1(C)CN=C2SC(c3ccccc3)=C(F)N2C1. The van der Waals surface area contributed by atoms with E-state index in [9.17, 15) is 4.39 Å². The lowest BCUT2D eigenvalue weighted by Gasteiger charge is -2.33. The van der Waals surface area contributed by atoms with Crippen molar-refractivity contribution in [3.05, 3.63) is 41.8 Å². The van der Waals surface area contributed by atoms with Crippen molar-refractivity contribution in [1.82, 2.24) is 4.90 Å². The molecule has 0 unspecified atom stereocenters. The van der Waals surface area contributed by atoms with Gasteiger partial charge in [-0.2, -0.15) is 4.39 Å². The average molecular weight is 262 g/mol. The van der Waals surface area contributed by atoms with E-state index in [-0.39, 0.29) is 11.4 Å². The molecule has 3 rings (SSSR count). The van der Waals surface area contributed by atoms with Gasteiger partial charge < -0.3 is 0 Å². The van der Waals surface area contributed by atoms with E-state index < -0.39 is 0 Å². The maximum absolute atomic E-state index is 14.5. The number of benzene rings is 1. The average Bonchev–Trinajstić information content (AvgIpc) is 2.67. The number of nitrogens with zero attached hydrogens (tertiary/aromatic N) is 2. The lowest BCUT2D eigenvalue weighted by atomic mass is 9.92. The minimum absolute atomic E-state index is 0.0353. The van der Waals surface area contributed by atoms with Gasteiger partial charge in [-0.15, -0.1) is 0 Å². The molecule has 2 heterocycles. The number of thioether (sulfide) groups is 1. The van der Waals surface area contributed by atoms with Crippen LogP contribution in [0.15, 0.2) is 41.3 Å². The van der Waals surface area contributed by atoms with Crippen molar-refractivity contribution in [2.75, 3.05) is 13.1 Å². The van der Waals surface area contributed by atoms with Crippen molar-refractivity contribution < 1.29 is 4.39 Å². The van der Waals surface area contributed by atoms with Crippen LogP contribution in [0, 0.1) is 5.41 Å². The fraction of sp³-hybridized carbons (Fsp3) is 0.357. The predicted octanol–water partition coefficient (Wildman–Crippen LogP) is 3.73. The molecule has 0 fully saturated rings. The van der Waals surface area contributed by atoms with Crippen LogP contribution in [-0.4, -0.2) is 23.2 Å². The molecule has 2 aliphatic heterocycles. The predicted molar refractivity (Wildman–Crippen MR) is 74.9 cm³/mol. The van der Waals surface area contributed by atoms with E-state index in [1.54, 1.807) is 4.90 Å². The van der Waals surface area contributed by atoms with Crippen LogP contribution in [0.3, 0.4) is 0 Å². The van der Waals surface area contributed by atoms with Gasteiger partial charge in [0.2, 0.25) is 5.95 Å². The molecule has 0 saturated heterocycles. The summed E-state index contributed by atoms with van der Waals surface area (Å²) in [4.78, 5) is 6.89. The number of hydrogen-bond donors (Lipinski definition) is 0. The topological polar surface area (TPSA) is 15.6 Å². The first-order valence-electron chi connectivity index (χ1n) is 6.02. The Morgan fingerprint density at radius 1 is 1.28 bits per heavy atom. The normalized spacial score (nSPS) is 21.9. The Kier molecular flexibility index (Phi) is 2.70. The Morgan fingerprint density at radius 2 is 2.00 bits per heavy atom. The van der Waals surface area contributed by atoms with E-state index in [0.717, 1.165) is 17.3 Å². The molecule has 2 nitrogen and oxygen atoms in total. The molecule has 18 heavy (non-hydrogen) atoms. The van der Waals surface area contributed by atoms with E-state index in [1.807, 2.05) is 30.3 Å². The Balaban J connectivity index is 1.98. The smallest absolute Gasteiger partial charge is 0.210 e. The van der Waals surface area contributed by atoms with Gasteiger partial charge in [0.05, 0.1) is 4.91 Å². The molecule has 0 amide bonds. The van der Waals surface area contributed by atoms with Gasteiger partial charge in [0.25, 0.3) is 0 Å². The second-order valence-corrected chi connectivity index (χ2v) is 6.41. The van der Waals surface area contributed by atoms with Gasteiger partial charge in [-0.1, -0.05) is 44.2 Å². The maximum atomic E-state index is 14.5. The fourth-order valence-corrected chi connectivity index (χ4v) is 3.19. The lowest BCUT2D eigenvalue weighted by Crippen LogP contribution is -2.40. The number of rotatable bonds is 1. The van der Waals surface area contributed by atoms with Crippen LogP contribution in [0.4, 0.5) is 4.39 Å². The molecule has 2 aliphatic rings. The second kappa shape index (κ2) is 4.12. The molecule has 1 aromatic rings. The van der Waals surface area contributed by atoms with E-state index in [4.69, 9.17) is 0 Å². The summed E-state index contributed by atoms with van der Waals surface area (Å²) in [5.41, 5.74) is 0.961. The minimum atomic E-state index is -0.155. The molecular formula is C14H15FN2S. The first-order valence-corrected chi connectivity index (χ1v) is 6.83. The number of fused-ring (bicyclic) bond motifs is 1. The number of amidine groups is 1. The molecule has 1 aromatic carbocycles. The molecule has 4 heteroatoms. The molecule has 0 bridgehead atoms.